The number of ether oxygens (including phenoxy) is 4. The molecule has 3 aromatic carbocycles. The number of carbonyl (C=O) groups excluding carboxylic acids is 2. The van der Waals surface area contributed by atoms with Crippen LogP contribution in [0.3, 0.4) is 0 Å². The third kappa shape index (κ3) is 7.10. The minimum Gasteiger partial charge on any atom is -0.494 e. The van der Waals surface area contributed by atoms with E-state index in [4.69, 9.17) is 31.2 Å². The summed E-state index contributed by atoms with van der Waals surface area (Å²) in [6.45, 7) is 4.75. The van der Waals surface area contributed by atoms with Crippen molar-refractivity contribution >= 4 is 57.6 Å². The van der Waals surface area contributed by atoms with E-state index < -0.39 is 0 Å². The van der Waals surface area contributed by atoms with Crippen LogP contribution in [0.15, 0.2) is 71.6 Å². The van der Waals surface area contributed by atoms with Gasteiger partial charge in [-0.1, -0.05) is 30.0 Å². The highest BCUT2D eigenvalue weighted by molar-refractivity contribution is 8.27. The van der Waals surface area contributed by atoms with Crippen LogP contribution in [-0.4, -0.2) is 43.1 Å². The zero-order valence-electron chi connectivity index (χ0n) is 21.8. The van der Waals surface area contributed by atoms with Crippen molar-refractivity contribution in [3.63, 3.8) is 0 Å². The minimum absolute atomic E-state index is 0.205. The Labute approximate surface area is 236 Å². The van der Waals surface area contributed by atoms with Crippen molar-refractivity contribution in [3.05, 3.63) is 77.2 Å². The summed E-state index contributed by atoms with van der Waals surface area (Å²) in [6.07, 6.45) is 1.75. The molecule has 1 fully saturated rings. The molecule has 1 N–H and O–H groups in total. The summed E-state index contributed by atoms with van der Waals surface area (Å²) in [6, 6.07) is 19.5. The Morgan fingerprint density at radius 1 is 0.923 bits per heavy atom. The Hall–Kier alpha value is -4.02. The van der Waals surface area contributed by atoms with Crippen molar-refractivity contribution in [2.45, 2.75) is 13.8 Å². The van der Waals surface area contributed by atoms with Gasteiger partial charge < -0.3 is 24.3 Å². The number of thiocarbonyl (C=S) groups is 1. The highest BCUT2D eigenvalue weighted by atomic mass is 32.2. The zero-order chi connectivity index (χ0) is 27.8. The maximum Gasteiger partial charge on any atom is 0.270 e. The molecule has 0 saturated carbocycles. The van der Waals surface area contributed by atoms with E-state index in [1.165, 1.54) is 23.8 Å². The molecule has 1 saturated heterocycles. The van der Waals surface area contributed by atoms with E-state index in [0.717, 1.165) is 17.1 Å². The molecule has 1 heterocycles. The minimum atomic E-state index is -0.316. The number of carbonyl (C=O) groups is 2. The first-order valence-corrected chi connectivity index (χ1v) is 13.5. The molecule has 0 aliphatic carbocycles. The van der Waals surface area contributed by atoms with Crippen LogP contribution in [0.2, 0.25) is 0 Å². The lowest BCUT2D eigenvalue weighted by Gasteiger charge is -2.15. The van der Waals surface area contributed by atoms with Crippen LogP contribution in [-0.2, 0) is 9.59 Å². The first-order chi connectivity index (χ1) is 18.9. The Balaban J connectivity index is 1.40. The normalized spacial score (nSPS) is 13.9. The van der Waals surface area contributed by atoms with Gasteiger partial charge in [0.25, 0.3) is 11.8 Å². The molecule has 1 aliphatic rings. The summed E-state index contributed by atoms with van der Waals surface area (Å²) >= 11 is 6.70. The van der Waals surface area contributed by atoms with Crippen LogP contribution >= 0.6 is 24.0 Å². The smallest absolute Gasteiger partial charge is 0.270 e. The van der Waals surface area contributed by atoms with Gasteiger partial charge in [0.15, 0.2) is 22.4 Å². The van der Waals surface area contributed by atoms with E-state index in [1.807, 2.05) is 26.0 Å². The highest BCUT2D eigenvalue weighted by Gasteiger charge is 2.33. The van der Waals surface area contributed by atoms with Crippen LogP contribution in [0.25, 0.3) is 6.08 Å². The molecular weight excluding hydrogens is 536 g/mol. The lowest BCUT2D eigenvalue weighted by molar-refractivity contribution is -0.118. The van der Waals surface area contributed by atoms with Gasteiger partial charge in [0.1, 0.15) is 11.5 Å². The second-order valence-electron chi connectivity index (χ2n) is 8.15. The molecule has 1 aliphatic heterocycles. The van der Waals surface area contributed by atoms with Crippen molar-refractivity contribution in [2.75, 3.05) is 37.1 Å². The average Bonchev–Trinajstić information content (AvgIpc) is 3.21. The van der Waals surface area contributed by atoms with Gasteiger partial charge in [-0.05, 0) is 86.2 Å². The summed E-state index contributed by atoms with van der Waals surface area (Å²) < 4.78 is 22.5. The second-order valence-corrected chi connectivity index (χ2v) is 9.82. The molecule has 0 atom stereocenters. The summed E-state index contributed by atoms with van der Waals surface area (Å²) in [5.41, 5.74) is 2.04. The molecule has 0 unspecified atom stereocenters. The van der Waals surface area contributed by atoms with E-state index in [9.17, 15) is 9.59 Å². The quantitative estimate of drug-likeness (QED) is 0.227. The molecule has 2 amide bonds. The van der Waals surface area contributed by atoms with Gasteiger partial charge in [-0.15, -0.1) is 0 Å². The zero-order valence-corrected chi connectivity index (χ0v) is 23.4. The number of rotatable bonds is 11. The molecule has 8 nitrogen and oxygen atoms in total. The largest absolute Gasteiger partial charge is 0.494 e. The Bertz CT molecular complexity index is 1370. The fourth-order valence-corrected chi connectivity index (χ4v) is 5.03. The van der Waals surface area contributed by atoms with Gasteiger partial charge >= 0.3 is 0 Å². The summed E-state index contributed by atoms with van der Waals surface area (Å²) in [7, 11) is 1.51. The number of methoxy groups -OCH3 is 1. The lowest BCUT2D eigenvalue weighted by atomic mass is 10.1. The lowest BCUT2D eigenvalue weighted by Crippen LogP contribution is -2.27. The third-order valence-electron chi connectivity index (χ3n) is 5.49. The van der Waals surface area contributed by atoms with E-state index in [1.54, 1.807) is 60.7 Å². The van der Waals surface area contributed by atoms with Gasteiger partial charge in [-0.25, -0.2) is 0 Å². The Kier molecular flexibility index (Phi) is 9.45. The van der Waals surface area contributed by atoms with Crippen LogP contribution in [0.1, 0.15) is 19.4 Å². The number of amides is 2. The fraction of sp³-hybridized carbons (Fsp3) is 0.207. The predicted octanol–water partition coefficient (Wildman–Crippen LogP) is 5.92. The van der Waals surface area contributed by atoms with Crippen LogP contribution < -0.4 is 29.2 Å². The summed E-state index contributed by atoms with van der Waals surface area (Å²) in [4.78, 5) is 27.5. The molecule has 0 radical (unpaired) electrons. The van der Waals surface area contributed by atoms with Crippen LogP contribution in [0.5, 0.6) is 23.0 Å². The standard InChI is InChI=1S/C29H28N2O6S2/c1-4-35-22-11-7-20(8-12-22)30-27(32)18-37-24-15-6-19(16-25(24)34-3)17-26-28(33)31(29(38)39-26)21-9-13-23(14-10-21)36-5-2/h6-17H,4-5,18H2,1-3H3,(H,30,32)/b26-17-. The number of nitrogens with one attached hydrogen (secondary N) is 1. The number of thioether (sulfide) groups is 1. The van der Waals surface area contributed by atoms with E-state index in [-0.39, 0.29) is 18.4 Å². The van der Waals surface area contributed by atoms with Gasteiger partial charge in [0.2, 0.25) is 0 Å². The average molecular weight is 565 g/mol. The SMILES string of the molecule is CCOc1ccc(NC(=O)COc2ccc(/C=C3\SC(=S)N(c4ccc(OCC)cc4)C3=O)cc2OC)cc1. The first kappa shape index (κ1) is 28.0. The van der Waals surface area contributed by atoms with Crippen molar-refractivity contribution < 1.29 is 28.5 Å². The van der Waals surface area contributed by atoms with E-state index in [0.29, 0.717) is 45.3 Å². The van der Waals surface area contributed by atoms with Gasteiger partial charge in [-0.3, -0.25) is 14.5 Å². The third-order valence-corrected chi connectivity index (χ3v) is 6.80. The fourth-order valence-electron chi connectivity index (χ4n) is 3.73. The first-order valence-electron chi connectivity index (χ1n) is 12.3. The number of anilines is 2. The monoisotopic (exact) mass is 564 g/mol. The van der Waals surface area contributed by atoms with Crippen molar-refractivity contribution in [1.29, 1.82) is 0 Å². The Morgan fingerprint density at radius 3 is 2.18 bits per heavy atom. The second kappa shape index (κ2) is 13.2. The molecule has 0 aromatic heterocycles. The van der Waals surface area contributed by atoms with Crippen LogP contribution in [0, 0.1) is 0 Å². The number of hydrogen-bond donors (Lipinski definition) is 1. The molecular formula is C29H28N2O6S2. The van der Waals surface area contributed by atoms with Crippen molar-refractivity contribution in [3.8, 4) is 23.0 Å². The van der Waals surface area contributed by atoms with E-state index in [2.05, 4.69) is 5.32 Å². The van der Waals surface area contributed by atoms with Gasteiger partial charge in [0.05, 0.1) is 30.9 Å². The summed E-state index contributed by atoms with van der Waals surface area (Å²) in [5.74, 6) is 1.76. The van der Waals surface area contributed by atoms with Crippen LogP contribution in [0.4, 0.5) is 11.4 Å². The summed E-state index contributed by atoms with van der Waals surface area (Å²) in [5, 5.41) is 2.78. The maximum atomic E-state index is 13.1. The maximum absolute atomic E-state index is 13.1. The molecule has 3 aromatic rings. The Morgan fingerprint density at radius 2 is 1.56 bits per heavy atom. The molecule has 39 heavy (non-hydrogen) atoms. The number of hydrogen-bond acceptors (Lipinski definition) is 8. The molecule has 4 rings (SSSR count). The van der Waals surface area contributed by atoms with Crippen molar-refractivity contribution in [1.82, 2.24) is 0 Å². The number of benzene rings is 3. The predicted molar refractivity (Wildman–Crippen MR) is 158 cm³/mol. The number of nitrogens with zero attached hydrogens (tertiary/aromatic N) is 1. The topological polar surface area (TPSA) is 86.3 Å². The van der Waals surface area contributed by atoms with Gasteiger partial charge in [-0.2, -0.15) is 0 Å². The molecule has 0 bridgehead atoms. The van der Waals surface area contributed by atoms with Crippen molar-refractivity contribution in [2.24, 2.45) is 0 Å². The molecule has 202 valence electrons. The van der Waals surface area contributed by atoms with Gasteiger partial charge in [0, 0.05) is 5.69 Å². The highest BCUT2D eigenvalue weighted by Crippen LogP contribution is 2.37. The molecule has 0 spiro atoms. The van der Waals surface area contributed by atoms with E-state index >= 15 is 0 Å². The molecule has 10 heteroatoms.